The summed E-state index contributed by atoms with van der Waals surface area (Å²) in [5.41, 5.74) is 1.98. The fourth-order valence-corrected chi connectivity index (χ4v) is 3.24. The average molecular weight is 425 g/mol. The zero-order valence-electron chi connectivity index (χ0n) is 17.3. The van der Waals surface area contributed by atoms with E-state index in [1.807, 2.05) is 18.7 Å². The van der Waals surface area contributed by atoms with E-state index >= 15 is 0 Å². The Labute approximate surface area is 177 Å². The average Bonchev–Trinajstić information content (AvgIpc) is 2.72. The van der Waals surface area contributed by atoms with Crippen molar-refractivity contribution in [2.75, 3.05) is 40.4 Å². The molecule has 2 rings (SSSR count). The molecule has 0 spiro atoms. The summed E-state index contributed by atoms with van der Waals surface area (Å²) < 4.78 is 9.73. The number of benzene rings is 1. The maximum absolute atomic E-state index is 12.6. The third-order valence-corrected chi connectivity index (χ3v) is 4.73. The lowest BCUT2D eigenvalue weighted by Crippen LogP contribution is -2.46. The van der Waals surface area contributed by atoms with Crippen LogP contribution in [-0.2, 0) is 25.5 Å². The van der Waals surface area contributed by atoms with Gasteiger partial charge >= 0.3 is 11.9 Å². The fraction of sp³-hybridized carbons (Fsp3) is 0.476. The number of hydrogen-bond donors (Lipinski definition) is 1. The van der Waals surface area contributed by atoms with Crippen LogP contribution in [0.15, 0.2) is 35.4 Å². The van der Waals surface area contributed by atoms with Crippen LogP contribution in [-0.4, -0.2) is 63.1 Å². The van der Waals surface area contributed by atoms with Gasteiger partial charge in [-0.2, -0.15) is 0 Å². The summed E-state index contributed by atoms with van der Waals surface area (Å²) >= 11 is 0. The third-order valence-electron chi connectivity index (χ3n) is 4.73. The lowest BCUT2D eigenvalue weighted by Gasteiger charge is -2.27. The zero-order valence-corrected chi connectivity index (χ0v) is 18.1. The zero-order chi connectivity index (χ0) is 20.7. The van der Waals surface area contributed by atoms with E-state index < -0.39 is 11.9 Å². The minimum atomic E-state index is -0.560. The number of hydrogen-bond acceptors (Lipinski definition) is 6. The summed E-state index contributed by atoms with van der Waals surface area (Å²) in [5.74, 6) is -1.31. The van der Waals surface area contributed by atoms with Crippen molar-refractivity contribution in [3.8, 4) is 0 Å². The Kier molecular flexibility index (Phi) is 9.85. The van der Waals surface area contributed by atoms with Crippen LogP contribution in [0.4, 0.5) is 0 Å². The van der Waals surface area contributed by atoms with Crippen molar-refractivity contribution >= 4 is 30.3 Å². The first-order valence-electron chi connectivity index (χ1n) is 9.37. The number of piperazine rings is 1. The second kappa shape index (κ2) is 11.6. The molecule has 0 aromatic heterocycles. The number of rotatable bonds is 6. The molecule has 1 aromatic rings. The fourth-order valence-electron chi connectivity index (χ4n) is 3.24. The smallest absolute Gasteiger partial charge is 0.334 e. The minimum Gasteiger partial charge on any atom is -0.466 e. The molecule has 1 saturated heterocycles. The van der Waals surface area contributed by atoms with Crippen molar-refractivity contribution < 1.29 is 23.9 Å². The predicted octanol–water partition coefficient (Wildman–Crippen LogP) is 1.99. The lowest BCUT2D eigenvalue weighted by atomic mass is 9.92. The highest BCUT2D eigenvalue weighted by Crippen LogP contribution is 2.22. The van der Waals surface area contributed by atoms with Crippen molar-refractivity contribution in [3.05, 3.63) is 46.5 Å². The summed E-state index contributed by atoms with van der Waals surface area (Å²) in [4.78, 5) is 38.9. The van der Waals surface area contributed by atoms with Gasteiger partial charge in [0, 0.05) is 38.2 Å². The maximum Gasteiger partial charge on any atom is 0.334 e. The van der Waals surface area contributed by atoms with E-state index in [4.69, 9.17) is 9.47 Å². The summed E-state index contributed by atoms with van der Waals surface area (Å²) in [6.07, 6.45) is 0.220. The van der Waals surface area contributed by atoms with Gasteiger partial charge in [-0.3, -0.25) is 4.79 Å². The molecule has 1 aliphatic heterocycles. The Balaban J connectivity index is 0.00000420. The van der Waals surface area contributed by atoms with Crippen LogP contribution in [0.25, 0.3) is 0 Å². The van der Waals surface area contributed by atoms with E-state index in [2.05, 4.69) is 5.32 Å². The highest BCUT2D eigenvalue weighted by Gasteiger charge is 2.25. The molecule has 1 aliphatic rings. The quantitative estimate of drug-likeness (QED) is 0.555. The van der Waals surface area contributed by atoms with E-state index in [9.17, 15) is 14.4 Å². The molecule has 0 radical (unpaired) electrons. The SMILES string of the molecule is COC(=O)/C(Cc1ccc(C(=O)N2CCNCC2)cc1)=C(\C(=O)OC)C(C)C.Cl. The van der Waals surface area contributed by atoms with Crippen molar-refractivity contribution in [2.45, 2.75) is 20.3 Å². The Morgan fingerprint density at radius 3 is 2.03 bits per heavy atom. The first-order valence-corrected chi connectivity index (χ1v) is 9.37. The van der Waals surface area contributed by atoms with Gasteiger partial charge in [-0.05, 0) is 23.6 Å². The number of nitrogens with zero attached hydrogens (tertiary/aromatic N) is 1. The molecule has 0 saturated carbocycles. The first kappa shape index (κ1) is 24.7. The molecule has 29 heavy (non-hydrogen) atoms. The minimum absolute atomic E-state index is 0. The van der Waals surface area contributed by atoms with Crippen LogP contribution >= 0.6 is 12.4 Å². The number of halogens is 1. The number of esters is 2. The normalized spacial score (nSPS) is 14.6. The standard InChI is InChI=1S/C21H28N2O5.ClH/c1-14(2)18(21(26)28-4)17(20(25)27-3)13-15-5-7-16(8-6-15)19(24)23-11-9-22-10-12-23;/h5-8,14,22H,9-13H2,1-4H3;1H/b18-17-;. The Bertz CT molecular complexity index is 753. The molecular weight excluding hydrogens is 396 g/mol. The van der Waals surface area contributed by atoms with Gasteiger partial charge < -0.3 is 19.7 Å². The van der Waals surface area contributed by atoms with Gasteiger partial charge in [0.2, 0.25) is 0 Å². The van der Waals surface area contributed by atoms with Gasteiger partial charge in [0.1, 0.15) is 0 Å². The van der Waals surface area contributed by atoms with E-state index in [1.54, 1.807) is 24.3 Å². The highest BCUT2D eigenvalue weighted by molar-refractivity contribution is 6.01. The number of methoxy groups -OCH3 is 2. The van der Waals surface area contributed by atoms with E-state index in [0.29, 0.717) is 24.2 Å². The Hall–Kier alpha value is -2.38. The molecule has 1 fully saturated rings. The Morgan fingerprint density at radius 2 is 1.55 bits per heavy atom. The van der Waals surface area contributed by atoms with Crippen LogP contribution in [0.2, 0.25) is 0 Å². The second-order valence-corrected chi connectivity index (χ2v) is 6.95. The number of ether oxygens (including phenoxy) is 2. The summed E-state index contributed by atoms with van der Waals surface area (Å²) in [6.45, 7) is 6.61. The number of amides is 1. The van der Waals surface area contributed by atoms with Crippen LogP contribution in [0.1, 0.15) is 29.8 Å². The number of nitrogens with one attached hydrogen (secondary N) is 1. The van der Waals surface area contributed by atoms with Crippen molar-refractivity contribution in [1.82, 2.24) is 10.2 Å². The van der Waals surface area contributed by atoms with E-state index in [1.165, 1.54) is 14.2 Å². The monoisotopic (exact) mass is 424 g/mol. The van der Waals surface area contributed by atoms with Gasteiger partial charge in [-0.25, -0.2) is 9.59 Å². The lowest BCUT2D eigenvalue weighted by molar-refractivity contribution is -0.139. The molecule has 0 bridgehead atoms. The van der Waals surface area contributed by atoms with Gasteiger partial charge in [0.05, 0.1) is 25.4 Å². The topological polar surface area (TPSA) is 84.9 Å². The number of carbonyl (C=O) groups is 3. The van der Waals surface area contributed by atoms with E-state index in [-0.39, 0.29) is 36.2 Å². The van der Waals surface area contributed by atoms with Crippen LogP contribution < -0.4 is 5.32 Å². The molecule has 0 aliphatic carbocycles. The van der Waals surface area contributed by atoms with Crippen LogP contribution in [0.5, 0.6) is 0 Å². The van der Waals surface area contributed by atoms with Gasteiger partial charge in [-0.15, -0.1) is 12.4 Å². The molecule has 8 heteroatoms. The summed E-state index contributed by atoms with van der Waals surface area (Å²) in [5, 5.41) is 3.22. The highest BCUT2D eigenvalue weighted by atomic mass is 35.5. The first-order chi connectivity index (χ1) is 13.4. The molecule has 1 heterocycles. The van der Waals surface area contributed by atoms with Crippen LogP contribution in [0, 0.1) is 5.92 Å². The molecule has 1 amide bonds. The van der Waals surface area contributed by atoms with Gasteiger partial charge in [0.15, 0.2) is 0 Å². The van der Waals surface area contributed by atoms with Crippen LogP contribution in [0.3, 0.4) is 0 Å². The molecule has 1 aromatic carbocycles. The largest absolute Gasteiger partial charge is 0.466 e. The molecule has 7 nitrogen and oxygen atoms in total. The molecule has 160 valence electrons. The summed E-state index contributed by atoms with van der Waals surface area (Å²) in [6, 6.07) is 7.10. The van der Waals surface area contributed by atoms with Crippen molar-refractivity contribution in [1.29, 1.82) is 0 Å². The third kappa shape index (κ3) is 6.30. The second-order valence-electron chi connectivity index (χ2n) is 6.95. The molecule has 0 atom stereocenters. The van der Waals surface area contributed by atoms with E-state index in [0.717, 1.165) is 18.7 Å². The van der Waals surface area contributed by atoms with Gasteiger partial charge in [-0.1, -0.05) is 26.0 Å². The Morgan fingerprint density at radius 1 is 1.00 bits per heavy atom. The molecular formula is C21H29ClN2O5. The molecule has 1 N–H and O–H groups in total. The maximum atomic E-state index is 12.6. The summed E-state index contributed by atoms with van der Waals surface area (Å²) in [7, 11) is 2.57. The van der Waals surface area contributed by atoms with Crippen molar-refractivity contribution in [2.24, 2.45) is 5.92 Å². The van der Waals surface area contributed by atoms with Crippen molar-refractivity contribution in [3.63, 3.8) is 0 Å². The number of carbonyl (C=O) groups excluding carboxylic acids is 3. The molecule has 0 unspecified atom stereocenters. The van der Waals surface area contributed by atoms with Gasteiger partial charge in [0.25, 0.3) is 5.91 Å². The predicted molar refractivity (Wildman–Crippen MR) is 112 cm³/mol.